The van der Waals surface area contributed by atoms with Crippen LogP contribution in [0.1, 0.15) is 22.8 Å². The predicted molar refractivity (Wildman–Crippen MR) is 108 cm³/mol. The molecule has 10 heteroatoms. The number of nitro benzene ring substituents is 1. The molecule has 0 aliphatic heterocycles. The fraction of sp³-hybridized carbons (Fsp3) is 0.111. The smallest absolute Gasteiger partial charge is 0.269 e. The molecule has 3 aromatic rings. The summed E-state index contributed by atoms with van der Waals surface area (Å²) in [7, 11) is 0. The van der Waals surface area contributed by atoms with E-state index >= 15 is 0 Å². The molecule has 0 bridgehead atoms. The van der Waals surface area contributed by atoms with Crippen molar-refractivity contribution in [2.24, 2.45) is 0 Å². The van der Waals surface area contributed by atoms with Gasteiger partial charge in [0, 0.05) is 28.9 Å². The Kier molecular flexibility index (Phi) is 5.76. The zero-order valence-corrected chi connectivity index (χ0v) is 16.7. The Morgan fingerprint density at radius 3 is 2.32 bits per heavy atom. The van der Waals surface area contributed by atoms with Gasteiger partial charge in [0.15, 0.2) is 5.78 Å². The van der Waals surface area contributed by atoms with Gasteiger partial charge in [0.05, 0.1) is 25.9 Å². The van der Waals surface area contributed by atoms with Gasteiger partial charge in [0.1, 0.15) is 11.3 Å². The van der Waals surface area contributed by atoms with Gasteiger partial charge >= 0.3 is 0 Å². The number of fused-ring (bicyclic) bond motifs is 1. The maximum Gasteiger partial charge on any atom is 0.269 e. The second-order valence-corrected chi connectivity index (χ2v) is 8.11. The molecule has 1 unspecified atom stereocenters. The predicted octanol–water partition coefficient (Wildman–Crippen LogP) is 4.25. The number of H-pyrrole nitrogens is 1. The molecule has 1 atom stereocenters. The summed E-state index contributed by atoms with van der Waals surface area (Å²) in [5, 5.41) is 11.0. The van der Waals surface area contributed by atoms with Crippen LogP contribution in [0.4, 0.5) is 5.69 Å². The Morgan fingerprint density at radius 1 is 1.14 bits per heavy atom. The minimum atomic E-state index is -1.81. The van der Waals surface area contributed by atoms with E-state index < -0.39 is 27.3 Å². The topological polar surface area (TPSA) is 116 Å². The third kappa shape index (κ3) is 3.77. The monoisotopic (exact) mass is 438 g/mol. The van der Waals surface area contributed by atoms with Crippen molar-refractivity contribution in [3.63, 3.8) is 0 Å². The van der Waals surface area contributed by atoms with Gasteiger partial charge in [-0.15, -0.1) is 0 Å². The molecule has 1 aromatic heterocycles. The number of hydrogen-bond acceptors (Lipinski definition) is 5. The lowest BCUT2D eigenvalue weighted by Crippen LogP contribution is -2.22. The highest BCUT2D eigenvalue weighted by molar-refractivity contribution is 7.90. The molecular formula is C18H12Cl2N2O5S. The number of aromatic amines is 1. The van der Waals surface area contributed by atoms with Gasteiger partial charge in [0.2, 0.25) is 10.5 Å². The highest BCUT2D eigenvalue weighted by atomic mass is 35.5. The van der Waals surface area contributed by atoms with Crippen LogP contribution in [0.25, 0.3) is 10.9 Å². The van der Waals surface area contributed by atoms with Gasteiger partial charge in [-0.25, -0.2) is 0 Å². The van der Waals surface area contributed by atoms with Gasteiger partial charge < -0.3 is 9.54 Å². The third-order valence-corrected chi connectivity index (χ3v) is 6.04. The normalized spacial score (nSPS) is 12.1. The highest BCUT2D eigenvalue weighted by Gasteiger charge is 2.27. The highest BCUT2D eigenvalue weighted by Crippen LogP contribution is 2.29. The van der Waals surface area contributed by atoms with E-state index in [2.05, 4.69) is 4.98 Å². The zero-order valence-electron chi connectivity index (χ0n) is 14.3. The quantitative estimate of drug-likeness (QED) is 0.276. The van der Waals surface area contributed by atoms with E-state index in [1.54, 1.807) is 0 Å². The molecule has 2 aromatic carbocycles. The first-order chi connectivity index (χ1) is 13.2. The third-order valence-electron chi connectivity index (χ3n) is 4.05. The lowest BCUT2D eigenvalue weighted by molar-refractivity contribution is -0.384. The Labute approximate surface area is 171 Å². The van der Waals surface area contributed by atoms with Crippen molar-refractivity contribution in [3.05, 3.63) is 77.9 Å². The van der Waals surface area contributed by atoms with Crippen LogP contribution in [0.15, 0.2) is 46.2 Å². The van der Waals surface area contributed by atoms with Crippen LogP contribution in [0.3, 0.4) is 0 Å². The summed E-state index contributed by atoms with van der Waals surface area (Å²) in [4.78, 5) is 38.0. The first-order valence-electron chi connectivity index (χ1n) is 7.87. The maximum absolute atomic E-state index is 12.9. The Balaban J connectivity index is 2.12. The standard InChI is InChI=1S/C18H12Cl2N2O5S/c1-9(23)14-17(24)15-12(19)6-7-13(20)16(15)21-18(14)28(27)8-10-2-4-11(5-3-10)22(25)26/h2-7H,8H2,1H3,(H,21,24). The molecule has 0 fully saturated rings. The molecule has 7 nitrogen and oxygen atoms in total. The van der Waals surface area contributed by atoms with Crippen LogP contribution in [-0.4, -0.2) is 20.2 Å². The van der Waals surface area contributed by atoms with E-state index in [1.807, 2.05) is 0 Å². The molecule has 0 spiro atoms. The number of carbonyl (C=O) groups excluding carboxylic acids is 1. The van der Waals surface area contributed by atoms with Gasteiger partial charge in [-0.1, -0.05) is 23.2 Å². The summed E-state index contributed by atoms with van der Waals surface area (Å²) in [6.45, 7) is 1.20. The Hall–Kier alpha value is -2.39. The number of nitrogens with zero attached hydrogens (tertiary/aromatic N) is 1. The van der Waals surface area contributed by atoms with Crippen LogP contribution >= 0.6 is 23.2 Å². The zero-order chi connectivity index (χ0) is 20.6. The van der Waals surface area contributed by atoms with Crippen LogP contribution in [-0.2, 0) is 16.9 Å². The molecule has 28 heavy (non-hydrogen) atoms. The van der Waals surface area contributed by atoms with Crippen molar-refractivity contribution in [2.45, 2.75) is 17.7 Å². The number of Topliss-reactive ketones (excluding diaryl/α,β-unsaturated/α-hetero) is 1. The molecule has 0 saturated heterocycles. The lowest BCUT2D eigenvalue weighted by Gasteiger charge is -2.14. The largest absolute Gasteiger partial charge is 0.610 e. The molecule has 0 aliphatic carbocycles. The van der Waals surface area contributed by atoms with Gasteiger partial charge in [-0.3, -0.25) is 19.7 Å². The minimum absolute atomic E-state index is 0.0513. The van der Waals surface area contributed by atoms with Crippen LogP contribution < -0.4 is 5.43 Å². The second kappa shape index (κ2) is 7.92. The number of carbonyl (C=O) groups is 1. The van der Waals surface area contributed by atoms with Crippen molar-refractivity contribution < 1.29 is 14.3 Å². The van der Waals surface area contributed by atoms with Crippen molar-refractivity contribution in [1.82, 2.24) is 4.98 Å². The number of nitrogens with one attached hydrogen (secondary N) is 1. The van der Waals surface area contributed by atoms with E-state index in [0.717, 1.165) is 0 Å². The van der Waals surface area contributed by atoms with E-state index in [9.17, 15) is 24.3 Å². The second-order valence-electron chi connectivity index (χ2n) is 5.91. The van der Waals surface area contributed by atoms with Crippen molar-refractivity contribution in [1.29, 1.82) is 0 Å². The SMILES string of the molecule is CC(=O)c1c([S+]([O-])Cc2ccc([N+](=O)[O-])cc2)[nH]c2c(Cl)ccc(Cl)c2c1=O. The number of benzene rings is 2. The molecule has 1 N–H and O–H groups in total. The number of non-ortho nitro benzene ring substituents is 1. The molecule has 1 heterocycles. The summed E-state index contributed by atoms with van der Waals surface area (Å²) in [6, 6.07) is 8.44. The molecule has 0 saturated carbocycles. The minimum Gasteiger partial charge on any atom is -0.610 e. The summed E-state index contributed by atoms with van der Waals surface area (Å²) in [5.41, 5.74) is -0.273. The number of ketones is 1. The van der Waals surface area contributed by atoms with E-state index in [1.165, 1.54) is 43.3 Å². The van der Waals surface area contributed by atoms with Crippen LogP contribution in [0, 0.1) is 10.1 Å². The molecule has 0 aliphatic rings. The number of halogens is 2. The van der Waals surface area contributed by atoms with Crippen LogP contribution in [0.5, 0.6) is 0 Å². The molecule has 0 radical (unpaired) electrons. The van der Waals surface area contributed by atoms with E-state index in [0.29, 0.717) is 5.56 Å². The fourth-order valence-corrected chi connectivity index (χ4v) is 4.50. The van der Waals surface area contributed by atoms with Crippen molar-refractivity contribution in [2.75, 3.05) is 0 Å². The fourth-order valence-electron chi connectivity index (χ4n) is 2.73. The Morgan fingerprint density at radius 2 is 1.75 bits per heavy atom. The molecule has 0 amide bonds. The first kappa shape index (κ1) is 20.3. The number of rotatable bonds is 5. The number of hydrogen-bond donors (Lipinski definition) is 1. The maximum atomic E-state index is 12.9. The van der Waals surface area contributed by atoms with Gasteiger partial charge in [-0.05, 0) is 31.2 Å². The average Bonchev–Trinajstić information content (AvgIpc) is 2.64. The first-order valence-corrected chi connectivity index (χ1v) is 9.94. The molecule has 3 rings (SSSR count). The Bertz CT molecular complexity index is 1160. The number of pyridine rings is 1. The molecular weight excluding hydrogens is 427 g/mol. The van der Waals surface area contributed by atoms with Gasteiger partial charge in [-0.2, -0.15) is 0 Å². The van der Waals surface area contributed by atoms with Gasteiger partial charge in [0.25, 0.3) is 5.69 Å². The lowest BCUT2D eigenvalue weighted by atomic mass is 10.1. The average molecular weight is 439 g/mol. The van der Waals surface area contributed by atoms with Crippen LogP contribution in [0.2, 0.25) is 10.0 Å². The van der Waals surface area contributed by atoms with Crippen molar-refractivity contribution >= 4 is 56.8 Å². The summed E-state index contributed by atoms with van der Waals surface area (Å²) in [5.74, 6) is -0.621. The number of nitro groups is 1. The van der Waals surface area contributed by atoms with E-state index in [4.69, 9.17) is 23.2 Å². The number of aromatic nitrogens is 1. The summed E-state index contributed by atoms with van der Waals surface area (Å²) < 4.78 is 12.9. The summed E-state index contributed by atoms with van der Waals surface area (Å²) >= 11 is 10.4. The molecule has 144 valence electrons. The van der Waals surface area contributed by atoms with E-state index in [-0.39, 0.29) is 43.0 Å². The summed E-state index contributed by atoms with van der Waals surface area (Å²) in [6.07, 6.45) is 0. The van der Waals surface area contributed by atoms with Crippen molar-refractivity contribution in [3.8, 4) is 0 Å².